The van der Waals surface area contributed by atoms with Crippen LogP contribution in [-0.2, 0) is 19.4 Å². The summed E-state index contributed by atoms with van der Waals surface area (Å²) in [6.07, 6.45) is 3.54. The maximum atomic E-state index is 6.44. The maximum absolute atomic E-state index is 6.44. The van der Waals surface area contributed by atoms with Crippen LogP contribution in [0.3, 0.4) is 0 Å². The molecule has 0 aliphatic heterocycles. The SMILES string of the molecule is c1ccc(CNc2cc(OC(Cc3ccccc3)Cc3ccccc3)ccn2)cc1. The van der Waals surface area contributed by atoms with Crippen molar-refractivity contribution in [2.75, 3.05) is 5.32 Å². The summed E-state index contributed by atoms with van der Waals surface area (Å²) in [6, 6.07) is 35.2. The Hall–Kier alpha value is -3.59. The molecule has 0 spiro atoms. The average molecular weight is 395 g/mol. The molecular formula is C27H26N2O. The monoisotopic (exact) mass is 394 g/mol. The fourth-order valence-electron chi connectivity index (χ4n) is 3.47. The molecule has 0 radical (unpaired) electrons. The summed E-state index contributed by atoms with van der Waals surface area (Å²) in [5, 5.41) is 3.38. The first-order valence-electron chi connectivity index (χ1n) is 10.3. The lowest BCUT2D eigenvalue weighted by atomic mass is 10.0. The fourth-order valence-corrected chi connectivity index (χ4v) is 3.47. The van der Waals surface area contributed by atoms with Crippen molar-refractivity contribution in [1.82, 2.24) is 4.98 Å². The van der Waals surface area contributed by atoms with Crippen molar-refractivity contribution in [1.29, 1.82) is 0 Å². The summed E-state index contributed by atoms with van der Waals surface area (Å²) < 4.78 is 6.44. The van der Waals surface area contributed by atoms with Gasteiger partial charge in [-0.3, -0.25) is 0 Å². The van der Waals surface area contributed by atoms with Gasteiger partial charge in [-0.25, -0.2) is 4.98 Å². The van der Waals surface area contributed by atoms with Crippen molar-refractivity contribution in [2.45, 2.75) is 25.5 Å². The Bertz CT molecular complexity index is 979. The molecule has 1 aromatic heterocycles. The quantitative estimate of drug-likeness (QED) is 0.382. The number of aromatic nitrogens is 1. The zero-order chi connectivity index (χ0) is 20.4. The predicted octanol–water partition coefficient (Wildman–Crippen LogP) is 5.93. The van der Waals surface area contributed by atoms with E-state index in [9.17, 15) is 0 Å². The fraction of sp³-hybridized carbons (Fsp3) is 0.148. The average Bonchev–Trinajstić information content (AvgIpc) is 2.80. The van der Waals surface area contributed by atoms with Gasteiger partial charge in [0.1, 0.15) is 17.7 Å². The Morgan fingerprint density at radius 2 is 1.20 bits per heavy atom. The number of benzene rings is 3. The molecule has 3 nitrogen and oxygen atoms in total. The number of hydrogen-bond acceptors (Lipinski definition) is 3. The zero-order valence-corrected chi connectivity index (χ0v) is 16.9. The van der Waals surface area contributed by atoms with Gasteiger partial charge in [0.25, 0.3) is 0 Å². The molecule has 0 amide bonds. The minimum Gasteiger partial charge on any atom is -0.490 e. The molecule has 0 unspecified atom stereocenters. The topological polar surface area (TPSA) is 34.1 Å². The second kappa shape index (κ2) is 10.3. The summed E-state index contributed by atoms with van der Waals surface area (Å²) >= 11 is 0. The van der Waals surface area contributed by atoms with Crippen molar-refractivity contribution in [3.05, 3.63) is 126 Å². The van der Waals surface area contributed by atoms with Gasteiger partial charge in [-0.15, -0.1) is 0 Å². The number of ether oxygens (including phenoxy) is 1. The third kappa shape index (κ3) is 5.95. The molecule has 0 saturated heterocycles. The first-order chi connectivity index (χ1) is 14.8. The Labute approximate surface area is 178 Å². The second-order valence-electron chi connectivity index (χ2n) is 7.34. The van der Waals surface area contributed by atoms with Crippen LogP contribution in [-0.4, -0.2) is 11.1 Å². The number of anilines is 1. The molecular weight excluding hydrogens is 368 g/mol. The van der Waals surface area contributed by atoms with Crippen LogP contribution in [0.2, 0.25) is 0 Å². The Kier molecular flexibility index (Phi) is 6.74. The standard InChI is InChI=1S/C27H26N2O/c1-4-10-22(11-5-1)18-26(19-23-12-6-2-7-13-23)30-25-16-17-28-27(20-25)29-21-24-14-8-3-9-15-24/h1-17,20,26H,18-19,21H2,(H,28,29). The molecule has 150 valence electrons. The minimum atomic E-state index is 0.0409. The summed E-state index contributed by atoms with van der Waals surface area (Å²) in [4.78, 5) is 4.44. The third-order valence-corrected chi connectivity index (χ3v) is 4.96. The highest BCUT2D eigenvalue weighted by atomic mass is 16.5. The lowest BCUT2D eigenvalue weighted by Crippen LogP contribution is -2.22. The second-order valence-corrected chi connectivity index (χ2v) is 7.34. The van der Waals surface area contributed by atoms with E-state index in [1.165, 1.54) is 16.7 Å². The number of nitrogens with zero attached hydrogens (tertiary/aromatic N) is 1. The zero-order valence-electron chi connectivity index (χ0n) is 16.9. The van der Waals surface area contributed by atoms with Crippen LogP contribution in [0.25, 0.3) is 0 Å². The molecule has 1 heterocycles. The summed E-state index contributed by atoms with van der Waals surface area (Å²) in [7, 11) is 0. The summed E-state index contributed by atoms with van der Waals surface area (Å²) in [6.45, 7) is 0.731. The van der Waals surface area contributed by atoms with Gasteiger partial charge in [0.15, 0.2) is 0 Å². The van der Waals surface area contributed by atoms with E-state index in [1.54, 1.807) is 6.20 Å². The van der Waals surface area contributed by atoms with Crippen molar-refractivity contribution in [3.63, 3.8) is 0 Å². The van der Waals surface area contributed by atoms with E-state index >= 15 is 0 Å². The normalized spacial score (nSPS) is 10.7. The van der Waals surface area contributed by atoms with Gasteiger partial charge in [-0.05, 0) is 22.8 Å². The lowest BCUT2D eigenvalue weighted by molar-refractivity contribution is 0.202. The van der Waals surface area contributed by atoms with Gasteiger partial charge in [0.2, 0.25) is 0 Å². The van der Waals surface area contributed by atoms with Crippen molar-refractivity contribution >= 4 is 5.82 Å². The van der Waals surface area contributed by atoms with Gasteiger partial charge < -0.3 is 10.1 Å². The Balaban J connectivity index is 1.46. The number of hydrogen-bond donors (Lipinski definition) is 1. The first kappa shape index (κ1) is 19.7. The van der Waals surface area contributed by atoms with Crippen LogP contribution in [0.5, 0.6) is 5.75 Å². The number of rotatable bonds is 9. The molecule has 1 N–H and O–H groups in total. The van der Waals surface area contributed by atoms with E-state index in [0.29, 0.717) is 0 Å². The minimum absolute atomic E-state index is 0.0409. The largest absolute Gasteiger partial charge is 0.490 e. The van der Waals surface area contributed by atoms with Gasteiger partial charge in [-0.1, -0.05) is 91.0 Å². The number of nitrogens with one attached hydrogen (secondary N) is 1. The van der Waals surface area contributed by atoms with Gasteiger partial charge in [0.05, 0.1) is 0 Å². The van der Waals surface area contributed by atoms with E-state index in [1.807, 2.05) is 42.5 Å². The first-order valence-corrected chi connectivity index (χ1v) is 10.3. The highest BCUT2D eigenvalue weighted by molar-refractivity contribution is 5.41. The lowest BCUT2D eigenvalue weighted by Gasteiger charge is -2.20. The molecule has 4 aromatic rings. The van der Waals surface area contributed by atoms with E-state index in [4.69, 9.17) is 4.74 Å². The predicted molar refractivity (Wildman–Crippen MR) is 123 cm³/mol. The van der Waals surface area contributed by atoms with E-state index < -0.39 is 0 Å². The van der Waals surface area contributed by atoms with Crippen molar-refractivity contribution in [2.24, 2.45) is 0 Å². The van der Waals surface area contributed by atoms with E-state index in [2.05, 4.69) is 71.0 Å². The van der Waals surface area contributed by atoms with Crippen LogP contribution in [0.4, 0.5) is 5.82 Å². The van der Waals surface area contributed by atoms with Crippen molar-refractivity contribution < 1.29 is 4.74 Å². The summed E-state index contributed by atoms with van der Waals surface area (Å²) in [5.41, 5.74) is 3.77. The molecule has 0 bridgehead atoms. The maximum Gasteiger partial charge on any atom is 0.129 e. The van der Waals surface area contributed by atoms with Crippen LogP contribution in [0.1, 0.15) is 16.7 Å². The smallest absolute Gasteiger partial charge is 0.129 e. The highest BCUT2D eigenvalue weighted by Crippen LogP contribution is 2.20. The molecule has 3 heteroatoms. The molecule has 0 saturated carbocycles. The third-order valence-electron chi connectivity index (χ3n) is 4.96. The van der Waals surface area contributed by atoms with Crippen molar-refractivity contribution in [3.8, 4) is 5.75 Å². The highest BCUT2D eigenvalue weighted by Gasteiger charge is 2.13. The molecule has 3 aromatic carbocycles. The van der Waals surface area contributed by atoms with Gasteiger partial charge in [-0.2, -0.15) is 0 Å². The molecule has 30 heavy (non-hydrogen) atoms. The van der Waals surface area contributed by atoms with Crippen LogP contribution >= 0.6 is 0 Å². The summed E-state index contributed by atoms with van der Waals surface area (Å²) in [5.74, 6) is 1.65. The molecule has 0 aliphatic rings. The van der Waals surface area contributed by atoms with Crippen LogP contribution in [0.15, 0.2) is 109 Å². The van der Waals surface area contributed by atoms with Crippen LogP contribution < -0.4 is 10.1 Å². The van der Waals surface area contributed by atoms with Crippen LogP contribution in [0, 0.1) is 0 Å². The number of pyridine rings is 1. The van der Waals surface area contributed by atoms with E-state index in [-0.39, 0.29) is 6.10 Å². The Morgan fingerprint density at radius 1 is 0.667 bits per heavy atom. The van der Waals surface area contributed by atoms with Gasteiger partial charge >= 0.3 is 0 Å². The Morgan fingerprint density at radius 3 is 1.77 bits per heavy atom. The van der Waals surface area contributed by atoms with E-state index in [0.717, 1.165) is 31.0 Å². The molecule has 0 atom stereocenters. The molecule has 0 aliphatic carbocycles. The van der Waals surface area contributed by atoms with Gasteiger partial charge in [0, 0.05) is 31.6 Å². The molecule has 0 fully saturated rings. The molecule has 4 rings (SSSR count).